The molecule has 2 atom stereocenters. The van der Waals surface area contributed by atoms with Gasteiger partial charge in [-0.2, -0.15) is 5.26 Å². The second-order valence-corrected chi connectivity index (χ2v) is 3.28. The van der Waals surface area contributed by atoms with Crippen molar-refractivity contribution in [3.63, 3.8) is 0 Å². The van der Waals surface area contributed by atoms with Gasteiger partial charge in [-0.3, -0.25) is 0 Å². The summed E-state index contributed by atoms with van der Waals surface area (Å²) < 4.78 is 0. The van der Waals surface area contributed by atoms with Crippen LogP contribution >= 0.6 is 11.6 Å². The van der Waals surface area contributed by atoms with E-state index >= 15 is 0 Å². The minimum atomic E-state index is -1.29. The quantitative estimate of drug-likeness (QED) is 0.664. The molecular weight excluding hydrogens is 220 g/mol. The first-order valence-corrected chi connectivity index (χ1v) is 4.52. The molecule has 0 radical (unpaired) electrons. The van der Waals surface area contributed by atoms with E-state index in [4.69, 9.17) is 22.0 Å². The maximum Gasteiger partial charge on any atom is 0.171 e. The van der Waals surface area contributed by atoms with E-state index in [9.17, 15) is 10.2 Å². The normalized spacial score (nSPS) is 14.3. The second kappa shape index (κ2) is 4.94. The molecule has 1 heterocycles. The van der Waals surface area contributed by atoms with Gasteiger partial charge in [-0.15, -0.1) is 0 Å². The fraction of sp³-hybridized carbons (Fsp3) is 0.333. The van der Waals surface area contributed by atoms with E-state index in [2.05, 4.69) is 4.98 Å². The molecule has 0 aliphatic rings. The lowest BCUT2D eigenvalue weighted by Gasteiger charge is -2.14. The predicted molar refractivity (Wildman–Crippen MR) is 52.1 cm³/mol. The average molecular weight is 229 g/mol. The van der Waals surface area contributed by atoms with Crippen molar-refractivity contribution in [2.75, 3.05) is 0 Å². The summed E-state index contributed by atoms with van der Waals surface area (Å²) >= 11 is 5.52. The van der Waals surface area contributed by atoms with Crippen LogP contribution in [0, 0.1) is 11.3 Å². The molecule has 0 spiro atoms. The maximum atomic E-state index is 9.53. The van der Waals surface area contributed by atoms with Crippen LogP contribution in [0.25, 0.3) is 0 Å². The summed E-state index contributed by atoms with van der Waals surface area (Å²) in [4.78, 5) is 3.67. The first-order valence-electron chi connectivity index (χ1n) is 4.14. The van der Waals surface area contributed by atoms with E-state index in [0.717, 1.165) is 0 Å². The van der Waals surface area contributed by atoms with Crippen molar-refractivity contribution in [3.8, 4) is 11.8 Å². The van der Waals surface area contributed by atoms with Gasteiger partial charge in [0.2, 0.25) is 0 Å². The fourth-order valence-corrected chi connectivity index (χ4v) is 1.17. The molecule has 2 unspecified atom stereocenters. The van der Waals surface area contributed by atoms with Gasteiger partial charge in [0.1, 0.15) is 6.10 Å². The molecule has 0 bridgehead atoms. The molecule has 0 aromatic carbocycles. The highest BCUT2D eigenvalue weighted by atomic mass is 35.5. The molecule has 0 aliphatic carbocycles. The first kappa shape index (κ1) is 11.7. The number of aliphatic hydroxyl groups is 2. The van der Waals surface area contributed by atoms with Crippen molar-refractivity contribution in [2.24, 2.45) is 0 Å². The molecule has 0 saturated carbocycles. The highest BCUT2D eigenvalue weighted by Crippen LogP contribution is 2.24. The molecule has 3 N–H and O–H groups in total. The number of rotatable bonds is 3. The Morgan fingerprint density at radius 2 is 2.13 bits per heavy atom. The second-order valence-electron chi connectivity index (χ2n) is 2.92. The molecule has 1 aromatic rings. The minimum Gasteiger partial charge on any atom is -0.505 e. The third-order valence-electron chi connectivity index (χ3n) is 1.82. The fourth-order valence-electron chi connectivity index (χ4n) is 1.01. The Balaban J connectivity index is 2.87. The summed E-state index contributed by atoms with van der Waals surface area (Å²) in [6.45, 7) is 0. The Bertz CT molecular complexity index is 391. The third kappa shape index (κ3) is 2.80. The number of nitrogens with zero attached hydrogens (tertiary/aromatic N) is 2. The van der Waals surface area contributed by atoms with Gasteiger partial charge in [0.25, 0.3) is 0 Å². The highest BCUT2D eigenvalue weighted by molar-refractivity contribution is 6.30. The van der Waals surface area contributed by atoms with Crippen LogP contribution in [0.2, 0.25) is 5.15 Å². The van der Waals surface area contributed by atoms with E-state index in [1.54, 1.807) is 6.07 Å². The lowest BCUT2D eigenvalue weighted by atomic mass is 10.1. The standard InChI is InChI=1S/C9H9ClN2O3/c10-9-7(14)2-1-5(12-9)8(15)6(13)3-4-11/h1-2,6,8,13-15H,3H2. The first-order chi connectivity index (χ1) is 7.06. The van der Waals surface area contributed by atoms with Crippen LogP contribution in [0.15, 0.2) is 12.1 Å². The van der Waals surface area contributed by atoms with Crippen molar-refractivity contribution in [2.45, 2.75) is 18.6 Å². The molecule has 0 fully saturated rings. The number of halogens is 1. The number of aromatic hydroxyl groups is 1. The number of pyridine rings is 1. The van der Waals surface area contributed by atoms with Crippen LogP contribution in [0.5, 0.6) is 5.75 Å². The zero-order valence-electron chi connectivity index (χ0n) is 7.63. The average Bonchev–Trinajstić information content (AvgIpc) is 2.21. The number of hydrogen-bond acceptors (Lipinski definition) is 5. The highest BCUT2D eigenvalue weighted by Gasteiger charge is 2.20. The van der Waals surface area contributed by atoms with Crippen molar-refractivity contribution in [1.82, 2.24) is 4.98 Å². The molecule has 15 heavy (non-hydrogen) atoms. The Morgan fingerprint density at radius 1 is 1.47 bits per heavy atom. The summed E-state index contributed by atoms with van der Waals surface area (Å²) in [6.07, 6.45) is -2.72. The molecule has 0 amide bonds. The van der Waals surface area contributed by atoms with Crippen LogP contribution in [-0.2, 0) is 0 Å². The van der Waals surface area contributed by atoms with Gasteiger partial charge >= 0.3 is 0 Å². The summed E-state index contributed by atoms with van der Waals surface area (Å²) in [6, 6.07) is 4.31. The van der Waals surface area contributed by atoms with Crippen LogP contribution in [0.3, 0.4) is 0 Å². The van der Waals surface area contributed by atoms with E-state index in [-0.39, 0.29) is 23.0 Å². The Morgan fingerprint density at radius 3 is 2.67 bits per heavy atom. The van der Waals surface area contributed by atoms with Gasteiger partial charge in [-0.05, 0) is 12.1 Å². The smallest absolute Gasteiger partial charge is 0.171 e. The molecule has 6 heteroatoms. The van der Waals surface area contributed by atoms with Gasteiger partial charge in [0.15, 0.2) is 10.9 Å². The van der Waals surface area contributed by atoms with Crippen molar-refractivity contribution in [3.05, 3.63) is 23.0 Å². The number of nitriles is 1. The predicted octanol–water partition coefficient (Wildman–Crippen LogP) is 0.749. The molecule has 5 nitrogen and oxygen atoms in total. The summed E-state index contributed by atoms with van der Waals surface area (Å²) in [5.74, 6) is -0.206. The molecule has 0 aliphatic heterocycles. The third-order valence-corrected chi connectivity index (χ3v) is 2.10. The van der Waals surface area contributed by atoms with E-state index in [1.807, 2.05) is 0 Å². The van der Waals surface area contributed by atoms with Crippen molar-refractivity contribution < 1.29 is 15.3 Å². The minimum absolute atomic E-state index is 0.112. The molecule has 1 aromatic heterocycles. The summed E-state index contributed by atoms with van der Waals surface area (Å²) in [7, 11) is 0. The number of hydrogen-bond donors (Lipinski definition) is 3. The number of aromatic nitrogens is 1. The number of aliphatic hydroxyl groups excluding tert-OH is 2. The van der Waals surface area contributed by atoms with Gasteiger partial charge < -0.3 is 15.3 Å². The summed E-state index contributed by atoms with van der Waals surface area (Å²) in [5, 5.41) is 36.1. The largest absolute Gasteiger partial charge is 0.505 e. The van der Waals surface area contributed by atoms with Gasteiger partial charge in [-0.1, -0.05) is 11.6 Å². The van der Waals surface area contributed by atoms with Crippen molar-refractivity contribution >= 4 is 11.6 Å². The summed E-state index contributed by atoms with van der Waals surface area (Å²) in [5.41, 5.74) is 0.112. The van der Waals surface area contributed by atoms with E-state index in [0.29, 0.717) is 0 Å². The van der Waals surface area contributed by atoms with Crippen LogP contribution in [0.1, 0.15) is 18.2 Å². The monoisotopic (exact) mass is 228 g/mol. The zero-order valence-corrected chi connectivity index (χ0v) is 8.39. The molecular formula is C9H9ClN2O3. The van der Waals surface area contributed by atoms with Gasteiger partial charge in [-0.25, -0.2) is 4.98 Å². The van der Waals surface area contributed by atoms with Crippen LogP contribution in [-0.4, -0.2) is 26.4 Å². The Kier molecular flexibility index (Phi) is 3.86. The van der Waals surface area contributed by atoms with Crippen LogP contribution in [0.4, 0.5) is 0 Å². The Labute approximate surface area is 91.2 Å². The zero-order chi connectivity index (χ0) is 11.4. The lowest BCUT2D eigenvalue weighted by molar-refractivity contribution is 0.0190. The molecule has 0 saturated heterocycles. The lowest BCUT2D eigenvalue weighted by Crippen LogP contribution is -2.18. The van der Waals surface area contributed by atoms with Crippen molar-refractivity contribution in [1.29, 1.82) is 5.26 Å². The van der Waals surface area contributed by atoms with Crippen LogP contribution < -0.4 is 0 Å². The topological polar surface area (TPSA) is 97.4 Å². The van der Waals surface area contributed by atoms with Gasteiger partial charge in [0, 0.05) is 0 Å². The van der Waals surface area contributed by atoms with E-state index < -0.39 is 12.2 Å². The Hall–Kier alpha value is -1.35. The molecule has 80 valence electrons. The SMILES string of the molecule is N#CCC(O)C(O)c1ccc(O)c(Cl)n1. The molecule has 1 rings (SSSR count). The maximum absolute atomic E-state index is 9.53. The van der Waals surface area contributed by atoms with Gasteiger partial charge in [0.05, 0.1) is 24.3 Å². The van der Waals surface area contributed by atoms with E-state index in [1.165, 1.54) is 12.1 Å².